The fourth-order valence-corrected chi connectivity index (χ4v) is 3.07. The summed E-state index contributed by atoms with van der Waals surface area (Å²) in [5, 5.41) is 3.00. The summed E-state index contributed by atoms with van der Waals surface area (Å²) in [6, 6.07) is 16.3. The molecule has 2 aromatic carbocycles. The van der Waals surface area contributed by atoms with E-state index in [0.717, 1.165) is 24.3 Å². The number of fused-ring (bicyclic) bond motifs is 1. The minimum atomic E-state index is -0.260. The molecule has 0 radical (unpaired) electrons. The molecular weight excluding hydrogens is 302 g/mol. The van der Waals surface area contributed by atoms with Gasteiger partial charge in [-0.25, -0.2) is 0 Å². The molecule has 24 heavy (non-hydrogen) atoms. The molecule has 1 unspecified atom stereocenters. The molecule has 3 N–H and O–H groups in total. The van der Waals surface area contributed by atoms with Gasteiger partial charge in [0.05, 0.1) is 23.9 Å². The molecule has 1 aliphatic heterocycles. The molecule has 1 heterocycles. The number of methoxy groups -OCH3 is 1. The number of nitrogens with one attached hydrogen (secondary N) is 1. The van der Waals surface area contributed by atoms with Gasteiger partial charge in [-0.1, -0.05) is 30.3 Å². The first kappa shape index (κ1) is 16.5. The van der Waals surface area contributed by atoms with Gasteiger partial charge in [-0.05, 0) is 30.2 Å². The molecular formula is C19H23N3O2. The molecule has 0 saturated heterocycles. The second kappa shape index (κ2) is 7.47. The van der Waals surface area contributed by atoms with E-state index < -0.39 is 0 Å². The average Bonchev–Trinajstić information content (AvgIpc) is 3.04. The van der Waals surface area contributed by atoms with Gasteiger partial charge in [0, 0.05) is 25.9 Å². The summed E-state index contributed by atoms with van der Waals surface area (Å²) in [6.45, 7) is 1.24. The maximum atomic E-state index is 12.3. The molecule has 0 aliphatic carbocycles. The van der Waals surface area contributed by atoms with E-state index in [9.17, 15) is 4.79 Å². The third-order valence-electron chi connectivity index (χ3n) is 4.37. The third-order valence-corrected chi connectivity index (χ3v) is 4.37. The van der Waals surface area contributed by atoms with Crippen molar-refractivity contribution in [3.8, 4) is 0 Å². The average molecular weight is 325 g/mol. The topological polar surface area (TPSA) is 67.6 Å². The van der Waals surface area contributed by atoms with Crippen LogP contribution in [0.3, 0.4) is 0 Å². The molecule has 0 saturated carbocycles. The monoisotopic (exact) mass is 325 g/mol. The van der Waals surface area contributed by atoms with Crippen molar-refractivity contribution < 1.29 is 9.53 Å². The van der Waals surface area contributed by atoms with Crippen LogP contribution in [0.25, 0.3) is 0 Å². The number of carbonyl (C=O) groups is 1. The summed E-state index contributed by atoms with van der Waals surface area (Å²) in [5.41, 5.74) is 9.96. The van der Waals surface area contributed by atoms with E-state index >= 15 is 0 Å². The number of amides is 1. The minimum absolute atomic E-state index is 0.0905. The number of nitrogens with two attached hydrogens (primary N) is 1. The van der Waals surface area contributed by atoms with Crippen molar-refractivity contribution in [2.24, 2.45) is 5.73 Å². The van der Waals surface area contributed by atoms with E-state index in [2.05, 4.69) is 28.4 Å². The molecule has 3 rings (SSSR count). The van der Waals surface area contributed by atoms with Crippen molar-refractivity contribution in [3.05, 3.63) is 54.1 Å². The highest BCUT2D eigenvalue weighted by Gasteiger charge is 2.22. The van der Waals surface area contributed by atoms with E-state index in [0.29, 0.717) is 6.54 Å². The number of hydrogen-bond acceptors (Lipinski definition) is 4. The van der Waals surface area contributed by atoms with Crippen molar-refractivity contribution in [2.75, 3.05) is 30.4 Å². The summed E-state index contributed by atoms with van der Waals surface area (Å²) in [5.74, 6) is -0.0905. The van der Waals surface area contributed by atoms with Crippen LogP contribution in [0.5, 0.6) is 0 Å². The van der Waals surface area contributed by atoms with E-state index in [1.807, 2.05) is 30.3 Å². The van der Waals surface area contributed by atoms with Crippen molar-refractivity contribution in [1.29, 1.82) is 0 Å². The number of ether oxygens (including phenoxy) is 1. The normalized spacial score (nSPS) is 14.3. The second-order valence-electron chi connectivity index (χ2n) is 5.89. The fourth-order valence-electron chi connectivity index (χ4n) is 3.07. The van der Waals surface area contributed by atoms with E-state index in [4.69, 9.17) is 10.5 Å². The summed E-state index contributed by atoms with van der Waals surface area (Å²) >= 11 is 0. The lowest BCUT2D eigenvalue weighted by Gasteiger charge is -2.23. The number of rotatable bonds is 6. The van der Waals surface area contributed by atoms with Crippen LogP contribution in [0.2, 0.25) is 0 Å². The van der Waals surface area contributed by atoms with Crippen LogP contribution in [-0.4, -0.2) is 32.2 Å². The van der Waals surface area contributed by atoms with Crippen molar-refractivity contribution in [2.45, 2.75) is 18.9 Å². The van der Waals surface area contributed by atoms with Gasteiger partial charge in [-0.15, -0.1) is 0 Å². The Labute approximate surface area is 142 Å². The molecule has 0 spiro atoms. The molecule has 5 heteroatoms. The Balaban J connectivity index is 1.81. The first-order valence-corrected chi connectivity index (χ1v) is 8.20. The Hall–Kier alpha value is -2.37. The maximum Gasteiger partial charge on any atom is 0.227 e. The molecule has 0 bridgehead atoms. The first-order valence-electron chi connectivity index (χ1n) is 8.20. The van der Waals surface area contributed by atoms with Gasteiger partial charge in [0.15, 0.2) is 0 Å². The molecule has 126 valence electrons. The largest absolute Gasteiger partial charge is 0.380 e. The van der Waals surface area contributed by atoms with Crippen molar-refractivity contribution >= 4 is 23.0 Å². The predicted octanol–water partition coefficient (Wildman–Crippen LogP) is 2.68. The number of para-hydroxylation sites is 3. The quantitative estimate of drug-likeness (QED) is 0.857. The Kier molecular flexibility index (Phi) is 5.13. The second-order valence-corrected chi connectivity index (χ2v) is 5.89. The molecule has 1 amide bonds. The van der Waals surface area contributed by atoms with Crippen LogP contribution in [0.15, 0.2) is 48.5 Å². The smallest absolute Gasteiger partial charge is 0.227 e. The van der Waals surface area contributed by atoms with E-state index in [1.165, 1.54) is 11.3 Å². The number of carbonyl (C=O) groups excluding carboxylic acids is 1. The molecule has 1 atom stereocenters. The zero-order chi connectivity index (χ0) is 16.9. The van der Waals surface area contributed by atoms with Crippen LogP contribution >= 0.6 is 0 Å². The Morgan fingerprint density at radius 2 is 1.92 bits per heavy atom. The van der Waals surface area contributed by atoms with E-state index in [1.54, 1.807) is 7.11 Å². The van der Waals surface area contributed by atoms with Gasteiger partial charge in [0.2, 0.25) is 5.91 Å². The summed E-state index contributed by atoms with van der Waals surface area (Å²) < 4.78 is 5.19. The highest BCUT2D eigenvalue weighted by molar-refractivity contribution is 5.95. The molecule has 1 aliphatic rings. The van der Waals surface area contributed by atoms with Gasteiger partial charge in [0.1, 0.15) is 0 Å². The lowest BCUT2D eigenvalue weighted by molar-refractivity contribution is -0.118. The number of nitrogens with zero attached hydrogens (tertiary/aromatic N) is 1. The minimum Gasteiger partial charge on any atom is -0.380 e. The third kappa shape index (κ3) is 3.42. The highest BCUT2D eigenvalue weighted by atomic mass is 16.5. The summed E-state index contributed by atoms with van der Waals surface area (Å²) in [6.07, 6.45) is 1.000. The summed E-state index contributed by atoms with van der Waals surface area (Å²) in [4.78, 5) is 14.5. The highest BCUT2D eigenvalue weighted by Crippen LogP contribution is 2.38. The van der Waals surface area contributed by atoms with Gasteiger partial charge < -0.3 is 20.7 Å². The van der Waals surface area contributed by atoms with Crippen LogP contribution in [0, 0.1) is 0 Å². The van der Waals surface area contributed by atoms with Crippen LogP contribution < -0.4 is 16.0 Å². The van der Waals surface area contributed by atoms with Crippen molar-refractivity contribution in [1.82, 2.24) is 0 Å². The van der Waals surface area contributed by atoms with Crippen molar-refractivity contribution in [3.63, 3.8) is 0 Å². The molecule has 5 nitrogen and oxygen atoms in total. The van der Waals surface area contributed by atoms with Crippen LogP contribution in [-0.2, 0) is 16.0 Å². The molecule has 2 aromatic rings. The maximum absolute atomic E-state index is 12.3. The van der Waals surface area contributed by atoms with Gasteiger partial charge >= 0.3 is 0 Å². The van der Waals surface area contributed by atoms with Gasteiger partial charge in [0.25, 0.3) is 0 Å². The lowest BCUT2D eigenvalue weighted by Crippen LogP contribution is -2.28. The van der Waals surface area contributed by atoms with Gasteiger partial charge in [-0.3, -0.25) is 4.79 Å². The number of benzene rings is 2. The fraction of sp³-hybridized carbons (Fsp3) is 0.316. The first-order chi connectivity index (χ1) is 11.7. The number of anilines is 3. The zero-order valence-corrected chi connectivity index (χ0v) is 13.9. The predicted molar refractivity (Wildman–Crippen MR) is 96.7 cm³/mol. The molecule has 0 aromatic heterocycles. The number of hydrogen-bond donors (Lipinski definition) is 2. The Morgan fingerprint density at radius 3 is 2.67 bits per heavy atom. The Morgan fingerprint density at radius 1 is 1.21 bits per heavy atom. The van der Waals surface area contributed by atoms with Crippen LogP contribution in [0.1, 0.15) is 12.0 Å². The van der Waals surface area contributed by atoms with E-state index in [-0.39, 0.29) is 18.4 Å². The zero-order valence-electron chi connectivity index (χ0n) is 13.9. The van der Waals surface area contributed by atoms with Crippen LogP contribution in [0.4, 0.5) is 17.1 Å². The SMILES string of the molecule is COC(CN)CC(=O)Nc1ccccc1N1CCc2ccccc21. The lowest BCUT2D eigenvalue weighted by atomic mass is 10.1. The molecule has 0 fully saturated rings. The summed E-state index contributed by atoms with van der Waals surface area (Å²) in [7, 11) is 1.57. The Bertz CT molecular complexity index is 713. The van der Waals surface area contributed by atoms with Gasteiger partial charge in [-0.2, -0.15) is 0 Å². The standard InChI is InChI=1S/C19H23N3O2/c1-24-15(13-20)12-19(23)21-16-7-3-5-9-18(16)22-11-10-14-6-2-4-8-17(14)22/h2-9,15H,10-13,20H2,1H3,(H,21,23).